The summed E-state index contributed by atoms with van der Waals surface area (Å²) in [6.45, 7) is 6.22. The molecular formula is C16H24O2. The van der Waals surface area contributed by atoms with Crippen LogP contribution < -0.4 is 4.74 Å². The fourth-order valence-corrected chi connectivity index (χ4v) is 2.90. The first kappa shape index (κ1) is 13.4. The molecule has 0 spiro atoms. The average molecular weight is 248 g/mol. The number of rotatable bonds is 4. The fourth-order valence-electron chi connectivity index (χ4n) is 2.90. The second-order valence-electron chi connectivity index (χ2n) is 5.97. The van der Waals surface area contributed by atoms with Gasteiger partial charge in [0.1, 0.15) is 5.75 Å². The minimum atomic E-state index is -0.421. The molecule has 1 saturated carbocycles. The first-order chi connectivity index (χ1) is 8.53. The zero-order valence-corrected chi connectivity index (χ0v) is 11.6. The van der Waals surface area contributed by atoms with Crippen molar-refractivity contribution in [2.45, 2.75) is 58.7 Å². The van der Waals surface area contributed by atoms with Gasteiger partial charge in [-0.25, -0.2) is 0 Å². The Bertz CT molecular complexity index is 392. The van der Waals surface area contributed by atoms with Crippen molar-refractivity contribution >= 4 is 0 Å². The second-order valence-corrected chi connectivity index (χ2v) is 5.97. The van der Waals surface area contributed by atoms with E-state index >= 15 is 0 Å². The van der Waals surface area contributed by atoms with Gasteiger partial charge in [0.2, 0.25) is 0 Å². The maximum absolute atomic E-state index is 10.7. The van der Waals surface area contributed by atoms with Gasteiger partial charge in [0.15, 0.2) is 0 Å². The molecule has 1 aliphatic carbocycles. The molecule has 0 aromatic heterocycles. The van der Waals surface area contributed by atoms with Gasteiger partial charge < -0.3 is 9.84 Å². The summed E-state index contributed by atoms with van der Waals surface area (Å²) in [5.41, 5.74) is 0.951. The smallest absolute Gasteiger partial charge is 0.125 e. The molecule has 0 aliphatic heterocycles. The molecule has 1 aromatic carbocycles. The molecule has 2 rings (SSSR count). The molecule has 18 heavy (non-hydrogen) atoms. The lowest BCUT2D eigenvalue weighted by Crippen LogP contribution is -2.23. The fraction of sp³-hybridized carbons (Fsp3) is 0.625. The number of ether oxygens (including phenoxy) is 1. The number of aliphatic hydroxyl groups excluding tert-OH is 1. The predicted octanol–water partition coefficient (Wildman–Crippen LogP) is 4.09. The van der Waals surface area contributed by atoms with Gasteiger partial charge in [-0.15, -0.1) is 0 Å². The molecule has 0 saturated heterocycles. The van der Waals surface area contributed by atoms with Gasteiger partial charge in [0.25, 0.3) is 0 Å². The van der Waals surface area contributed by atoms with Crippen molar-refractivity contribution < 1.29 is 9.84 Å². The number of para-hydroxylation sites is 1. The average Bonchev–Trinajstić information content (AvgIpc) is 2.76. The molecule has 2 heteroatoms. The van der Waals surface area contributed by atoms with Crippen LogP contribution in [-0.4, -0.2) is 11.2 Å². The maximum atomic E-state index is 10.7. The largest absolute Gasteiger partial charge is 0.491 e. The van der Waals surface area contributed by atoms with Crippen molar-refractivity contribution in [3.05, 3.63) is 29.8 Å². The van der Waals surface area contributed by atoms with Crippen LogP contribution in [0.2, 0.25) is 0 Å². The molecule has 0 heterocycles. The summed E-state index contributed by atoms with van der Waals surface area (Å²) in [5.74, 6) is 0.827. The zero-order valence-electron chi connectivity index (χ0n) is 11.6. The van der Waals surface area contributed by atoms with E-state index in [1.54, 1.807) is 0 Å². The van der Waals surface area contributed by atoms with Crippen LogP contribution in [0.5, 0.6) is 5.75 Å². The van der Waals surface area contributed by atoms with Crippen molar-refractivity contribution in [1.82, 2.24) is 0 Å². The van der Waals surface area contributed by atoms with Crippen molar-refractivity contribution in [3.63, 3.8) is 0 Å². The molecule has 1 aliphatic rings. The highest BCUT2D eigenvalue weighted by Crippen LogP contribution is 2.48. The summed E-state index contributed by atoms with van der Waals surface area (Å²) < 4.78 is 5.81. The van der Waals surface area contributed by atoms with E-state index in [1.165, 1.54) is 12.8 Å². The van der Waals surface area contributed by atoms with Gasteiger partial charge in [-0.3, -0.25) is 0 Å². The molecule has 100 valence electrons. The highest BCUT2D eigenvalue weighted by Gasteiger charge is 2.38. The van der Waals surface area contributed by atoms with E-state index in [4.69, 9.17) is 4.74 Å². The van der Waals surface area contributed by atoms with Gasteiger partial charge in [-0.1, -0.05) is 38.0 Å². The van der Waals surface area contributed by atoms with Crippen LogP contribution in [0.3, 0.4) is 0 Å². The monoisotopic (exact) mass is 248 g/mol. The number of hydrogen-bond donors (Lipinski definition) is 1. The highest BCUT2D eigenvalue weighted by molar-refractivity contribution is 5.36. The third-order valence-electron chi connectivity index (χ3n) is 3.98. The zero-order chi connectivity index (χ0) is 13.2. The molecule has 1 fully saturated rings. The van der Waals surface area contributed by atoms with E-state index in [0.29, 0.717) is 0 Å². The normalized spacial score (nSPS) is 20.1. The van der Waals surface area contributed by atoms with Crippen molar-refractivity contribution in [2.24, 2.45) is 5.41 Å². The van der Waals surface area contributed by atoms with Crippen molar-refractivity contribution in [2.75, 3.05) is 0 Å². The Kier molecular flexibility index (Phi) is 3.96. The van der Waals surface area contributed by atoms with E-state index in [9.17, 15) is 5.11 Å². The summed E-state index contributed by atoms with van der Waals surface area (Å²) in [5, 5.41) is 10.7. The molecule has 1 unspecified atom stereocenters. The molecule has 0 amide bonds. The molecule has 2 nitrogen and oxygen atoms in total. The lowest BCUT2D eigenvalue weighted by molar-refractivity contribution is 0.0375. The van der Waals surface area contributed by atoms with Crippen molar-refractivity contribution in [1.29, 1.82) is 0 Å². The number of aliphatic hydroxyl groups is 1. The first-order valence-electron chi connectivity index (χ1n) is 6.96. The molecule has 0 radical (unpaired) electrons. The number of hydrogen-bond acceptors (Lipinski definition) is 2. The Balaban J connectivity index is 2.26. The predicted molar refractivity (Wildman–Crippen MR) is 73.7 cm³/mol. The lowest BCUT2D eigenvalue weighted by Gasteiger charge is -2.31. The van der Waals surface area contributed by atoms with Crippen LogP contribution in [0.25, 0.3) is 0 Å². The Hall–Kier alpha value is -1.02. The van der Waals surface area contributed by atoms with E-state index in [2.05, 4.69) is 6.92 Å². The van der Waals surface area contributed by atoms with Gasteiger partial charge in [0, 0.05) is 5.56 Å². The second kappa shape index (κ2) is 5.31. The van der Waals surface area contributed by atoms with Gasteiger partial charge >= 0.3 is 0 Å². The van der Waals surface area contributed by atoms with Gasteiger partial charge in [-0.2, -0.15) is 0 Å². The van der Waals surface area contributed by atoms with Crippen molar-refractivity contribution in [3.8, 4) is 5.75 Å². The van der Waals surface area contributed by atoms with Crippen LogP contribution in [0.15, 0.2) is 24.3 Å². The van der Waals surface area contributed by atoms with E-state index in [0.717, 1.165) is 24.2 Å². The van der Waals surface area contributed by atoms with Crippen LogP contribution in [0.4, 0.5) is 0 Å². The summed E-state index contributed by atoms with van der Waals surface area (Å²) >= 11 is 0. The number of benzene rings is 1. The maximum Gasteiger partial charge on any atom is 0.125 e. The van der Waals surface area contributed by atoms with Crippen LogP contribution >= 0.6 is 0 Å². The van der Waals surface area contributed by atoms with E-state index in [1.807, 2.05) is 38.1 Å². The SMILES string of the molecule is CC(C)Oc1ccccc1C(O)C1(C)CCCC1. The molecular weight excluding hydrogens is 224 g/mol. The Morgan fingerprint density at radius 3 is 2.39 bits per heavy atom. The lowest BCUT2D eigenvalue weighted by atomic mass is 9.79. The standard InChI is InChI=1S/C16H24O2/c1-12(2)18-14-9-5-4-8-13(14)15(17)16(3)10-6-7-11-16/h4-5,8-9,12,15,17H,6-7,10-11H2,1-3H3. The first-order valence-corrected chi connectivity index (χ1v) is 6.96. The van der Waals surface area contributed by atoms with Crippen LogP contribution in [-0.2, 0) is 0 Å². The van der Waals surface area contributed by atoms with Gasteiger partial charge in [0.05, 0.1) is 12.2 Å². The Labute approximate surface area is 110 Å². The Morgan fingerprint density at radius 2 is 1.78 bits per heavy atom. The quantitative estimate of drug-likeness (QED) is 0.869. The van der Waals surface area contributed by atoms with Crippen LogP contribution in [0.1, 0.15) is 58.1 Å². The highest BCUT2D eigenvalue weighted by atomic mass is 16.5. The molecule has 1 N–H and O–H groups in total. The van der Waals surface area contributed by atoms with E-state index < -0.39 is 6.10 Å². The summed E-state index contributed by atoms with van der Waals surface area (Å²) in [6.07, 6.45) is 4.36. The Morgan fingerprint density at radius 1 is 1.17 bits per heavy atom. The third kappa shape index (κ3) is 2.69. The molecule has 0 bridgehead atoms. The topological polar surface area (TPSA) is 29.5 Å². The summed E-state index contributed by atoms with van der Waals surface area (Å²) in [4.78, 5) is 0. The van der Waals surface area contributed by atoms with Crippen LogP contribution in [0, 0.1) is 5.41 Å². The molecule has 1 atom stereocenters. The van der Waals surface area contributed by atoms with Gasteiger partial charge in [-0.05, 0) is 38.2 Å². The van der Waals surface area contributed by atoms with E-state index in [-0.39, 0.29) is 11.5 Å². The minimum Gasteiger partial charge on any atom is -0.491 e. The molecule has 1 aromatic rings. The third-order valence-corrected chi connectivity index (χ3v) is 3.98. The summed E-state index contributed by atoms with van der Waals surface area (Å²) in [6, 6.07) is 7.89. The summed E-state index contributed by atoms with van der Waals surface area (Å²) in [7, 11) is 0. The minimum absolute atomic E-state index is 0.0104.